The predicted octanol–water partition coefficient (Wildman–Crippen LogP) is 1.48. The maximum atomic E-state index is 11.1. The number of hydrogen-bond acceptors (Lipinski definition) is 5. The normalized spacial score (nSPS) is 10.8. The average molecular weight is 273 g/mol. The van der Waals surface area contributed by atoms with Crippen molar-refractivity contribution in [3.05, 3.63) is 40.0 Å². The summed E-state index contributed by atoms with van der Waals surface area (Å²) in [5, 5.41) is 12.8. The molecular weight excluding hydrogens is 262 g/mol. The monoisotopic (exact) mass is 273 g/mol. The van der Waals surface area contributed by atoms with Gasteiger partial charge in [-0.1, -0.05) is 6.07 Å². The molecule has 96 valence electrons. The summed E-state index contributed by atoms with van der Waals surface area (Å²) in [5.74, 6) is 0.574. The average Bonchev–Trinajstić information content (AvgIpc) is 3.00. The fourth-order valence-electron chi connectivity index (χ4n) is 1.86. The molecule has 0 aliphatic heterocycles. The maximum Gasteiger partial charge on any atom is 0.264 e. The summed E-state index contributed by atoms with van der Waals surface area (Å²) < 4.78 is 1.61. The molecule has 0 aliphatic rings. The molecule has 0 saturated heterocycles. The van der Waals surface area contributed by atoms with Crippen molar-refractivity contribution < 1.29 is 0 Å². The SMILES string of the molecule is Cn1nc(-c2ccc(=O)[nH]n2)c(-c2cccs2)c1N. The molecule has 19 heavy (non-hydrogen) atoms. The lowest BCUT2D eigenvalue weighted by Crippen LogP contribution is -2.06. The summed E-state index contributed by atoms with van der Waals surface area (Å²) in [4.78, 5) is 12.1. The van der Waals surface area contributed by atoms with E-state index in [-0.39, 0.29) is 5.56 Å². The minimum Gasteiger partial charge on any atom is -0.383 e. The molecule has 0 bridgehead atoms. The summed E-state index contributed by atoms with van der Waals surface area (Å²) in [7, 11) is 1.78. The van der Waals surface area contributed by atoms with Crippen LogP contribution in [0.3, 0.4) is 0 Å². The summed E-state index contributed by atoms with van der Waals surface area (Å²) in [6.45, 7) is 0. The Bertz CT molecular complexity index is 752. The molecule has 0 amide bonds. The van der Waals surface area contributed by atoms with Crippen molar-refractivity contribution in [1.29, 1.82) is 0 Å². The second-order valence-electron chi connectivity index (χ2n) is 4.02. The lowest BCUT2D eigenvalue weighted by Gasteiger charge is -2.00. The Morgan fingerprint density at radius 2 is 2.21 bits per heavy atom. The third kappa shape index (κ3) is 1.93. The van der Waals surface area contributed by atoms with E-state index in [9.17, 15) is 4.79 Å². The molecule has 0 atom stereocenters. The number of rotatable bonds is 2. The zero-order chi connectivity index (χ0) is 13.4. The van der Waals surface area contributed by atoms with Gasteiger partial charge in [0.05, 0.1) is 5.56 Å². The first-order chi connectivity index (χ1) is 9.16. The number of thiophene rings is 1. The summed E-state index contributed by atoms with van der Waals surface area (Å²) in [5.41, 5.74) is 7.93. The largest absolute Gasteiger partial charge is 0.383 e. The number of nitrogens with two attached hydrogens (primary N) is 1. The van der Waals surface area contributed by atoms with E-state index in [0.29, 0.717) is 17.2 Å². The van der Waals surface area contributed by atoms with Gasteiger partial charge in [-0.05, 0) is 17.5 Å². The van der Waals surface area contributed by atoms with Crippen molar-refractivity contribution in [1.82, 2.24) is 20.0 Å². The topological polar surface area (TPSA) is 89.6 Å². The van der Waals surface area contributed by atoms with Gasteiger partial charge in [0.2, 0.25) is 0 Å². The Balaban J connectivity index is 2.24. The Morgan fingerprint density at radius 1 is 1.37 bits per heavy atom. The van der Waals surface area contributed by atoms with E-state index in [2.05, 4.69) is 15.3 Å². The van der Waals surface area contributed by atoms with Crippen LogP contribution in [-0.4, -0.2) is 20.0 Å². The molecule has 0 saturated carbocycles. The van der Waals surface area contributed by atoms with E-state index in [1.165, 1.54) is 6.07 Å². The van der Waals surface area contributed by atoms with Crippen molar-refractivity contribution in [3.63, 3.8) is 0 Å². The Labute approximate surface area is 112 Å². The molecule has 7 heteroatoms. The first-order valence-corrected chi connectivity index (χ1v) is 6.47. The molecule has 0 radical (unpaired) electrons. The molecule has 3 N–H and O–H groups in total. The number of aromatic amines is 1. The minimum atomic E-state index is -0.245. The van der Waals surface area contributed by atoms with Gasteiger partial charge in [-0.15, -0.1) is 11.3 Å². The number of aromatic nitrogens is 4. The van der Waals surface area contributed by atoms with Crippen molar-refractivity contribution in [3.8, 4) is 21.8 Å². The highest BCUT2D eigenvalue weighted by Crippen LogP contribution is 2.37. The van der Waals surface area contributed by atoms with Gasteiger partial charge in [-0.2, -0.15) is 10.2 Å². The first kappa shape index (κ1) is 11.7. The van der Waals surface area contributed by atoms with E-state index in [4.69, 9.17) is 5.73 Å². The van der Waals surface area contributed by atoms with Gasteiger partial charge in [0.1, 0.15) is 17.2 Å². The molecule has 3 aromatic heterocycles. The Hall–Kier alpha value is -2.41. The number of hydrogen-bond donors (Lipinski definition) is 2. The molecule has 0 aliphatic carbocycles. The fraction of sp³-hybridized carbons (Fsp3) is 0.0833. The Morgan fingerprint density at radius 3 is 2.84 bits per heavy atom. The molecule has 0 fully saturated rings. The number of nitrogens with zero attached hydrogens (tertiary/aromatic N) is 3. The number of nitrogens with one attached hydrogen (secondary N) is 1. The van der Waals surface area contributed by atoms with Gasteiger partial charge in [-0.3, -0.25) is 9.48 Å². The molecule has 6 nitrogen and oxygen atoms in total. The van der Waals surface area contributed by atoms with Crippen LogP contribution in [-0.2, 0) is 7.05 Å². The van der Waals surface area contributed by atoms with Gasteiger partial charge < -0.3 is 5.73 Å². The molecule has 3 aromatic rings. The second-order valence-corrected chi connectivity index (χ2v) is 4.96. The standard InChI is InChI=1S/C12H11N5OS/c1-17-12(13)10(8-3-2-6-19-8)11(16-17)7-4-5-9(18)15-14-7/h2-6H,13H2,1H3,(H,15,18). The van der Waals surface area contributed by atoms with Gasteiger partial charge in [0.15, 0.2) is 0 Å². The number of nitrogen functional groups attached to an aromatic ring is 1. The predicted molar refractivity (Wildman–Crippen MR) is 74.8 cm³/mol. The zero-order valence-corrected chi connectivity index (χ0v) is 10.9. The number of anilines is 1. The van der Waals surface area contributed by atoms with Gasteiger partial charge in [0.25, 0.3) is 5.56 Å². The van der Waals surface area contributed by atoms with Crippen LogP contribution in [0.4, 0.5) is 5.82 Å². The highest BCUT2D eigenvalue weighted by Gasteiger charge is 2.19. The lowest BCUT2D eigenvalue weighted by molar-refractivity contribution is 0.780. The quantitative estimate of drug-likeness (QED) is 0.740. The second kappa shape index (κ2) is 4.36. The summed E-state index contributed by atoms with van der Waals surface area (Å²) in [6.07, 6.45) is 0. The molecule has 0 aromatic carbocycles. The number of aryl methyl sites for hydroxylation is 1. The van der Waals surface area contributed by atoms with Crippen molar-refractivity contribution >= 4 is 17.2 Å². The van der Waals surface area contributed by atoms with Crippen LogP contribution in [0, 0.1) is 0 Å². The van der Waals surface area contributed by atoms with Gasteiger partial charge in [0, 0.05) is 18.0 Å². The third-order valence-electron chi connectivity index (χ3n) is 2.78. The van der Waals surface area contributed by atoms with Crippen LogP contribution < -0.4 is 11.3 Å². The van der Waals surface area contributed by atoms with Crippen LogP contribution in [0.25, 0.3) is 21.8 Å². The highest BCUT2D eigenvalue weighted by atomic mass is 32.1. The van der Waals surface area contributed by atoms with Crippen LogP contribution in [0.5, 0.6) is 0 Å². The molecular formula is C12H11N5OS. The van der Waals surface area contributed by atoms with E-state index >= 15 is 0 Å². The van der Waals surface area contributed by atoms with Crippen molar-refractivity contribution in [2.24, 2.45) is 7.05 Å². The smallest absolute Gasteiger partial charge is 0.264 e. The third-order valence-corrected chi connectivity index (χ3v) is 3.67. The van der Waals surface area contributed by atoms with Gasteiger partial charge in [-0.25, -0.2) is 5.10 Å². The molecule has 3 heterocycles. The van der Waals surface area contributed by atoms with Crippen molar-refractivity contribution in [2.45, 2.75) is 0 Å². The maximum absolute atomic E-state index is 11.1. The molecule has 3 rings (SSSR count). The van der Waals surface area contributed by atoms with E-state index in [1.807, 2.05) is 17.5 Å². The molecule has 0 unspecified atom stereocenters. The number of H-pyrrole nitrogens is 1. The van der Waals surface area contributed by atoms with Crippen LogP contribution >= 0.6 is 11.3 Å². The highest BCUT2D eigenvalue weighted by molar-refractivity contribution is 7.13. The van der Waals surface area contributed by atoms with Crippen molar-refractivity contribution in [2.75, 3.05) is 5.73 Å². The van der Waals surface area contributed by atoms with Crippen LogP contribution in [0.1, 0.15) is 0 Å². The van der Waals surface area contributed by atoms with E-state index < -0.39 is 0 Å². The van der Waals surface area contributed by atoms with E-state index in [0.717, 1.165) is 10.4 Å². The minimum absolute atomic E-state index is 0.245. The van der Waals surface area contributed by atoms with Crippen LogP contribution in [0.2, 0.25) is 0 Å². The van der Waals surface area contributed by atoms with Crippen LogP contribution in [0.15, 0.2) is 34.4 Å². The zero-order valence-electron chi connectivity index (χ0n) is 10.1. The summed E-state index contributed by atoms with van der Waals surface area (Å²) in [6, 6.07) is 6.99. The lowest BCUT2D eigenvalue weighted by atomic mass is 10.1. The summed E-state index contributed by atoms with van der Waals surface area (Å²) >= 11 is 1.58. The van der Waals surface area contributed by atoms with E-state index in [1.54, 1.807) is 29.1 Å². The molecule has 0 spiro atoms. The fourth-order valence-corrected chi connectivity index (χ4v) is 2.64. The van der Waals surface area contributed by atoms with Gasteiger partial charge >= 0.3 is 0 Å². The Kier molecular flexibility index (Phi) is 2.68. The first-order valence-electron chi connectivity index (χ1n) is 5.59.